The van der Waals surface area contributed by atoms with Crippen molar-refractivity contribution in [1.29, 1.82) is 0 Å². The molecule has 1 aromatic rings. The van der Waals surface area contributed by atoms with Crippen LogP contribution < -0.4 is 5.32 Å². The van der Waals surface area contributed by atoms with Crippen LogP contribution in [0.5, 0.6) is 0 Å². The van der Waals surface area contributed by atoms with E-state index < -0.39 is 0 Å². The zero-order chi connectivity index (χ0) is 16.2. The second kappa shape index (κ2) is 7.98. The fraction of sp³-hybridized carbons (Fsp3) is 0.842. The largest absolute Gasteiger partial charge is 0.315 e. The molecule has 0 aliphatic carbocycles. The van der Waals surface area contributed by atoms with E-state index in [0.29, 0.717) is 6.04 Å². The van der Waals surface area contributed by atoms with Crippen molar-refractivity contribution in [3.63, 3.8) is 0 Å². The van der Waals surface area contributed by atoms with Crippen LogP contribution in [0, 0.1) is 5.92 Å². The normalized spacial score (nSPS) is 31.3. The first-order chi connectivity index (χ1) is 11.9. The molecule has 3 aliphatic heterocycles. The van der Waals surface area contributed by atoms with Crippen molar-refractivity contribution in [3.05, 3.63) is 18.5 Å². The molecule has 0 bridgehead atoms. The van der Waals surface area contributed by atoms with Gasteiger partial charge in [0.15, 0.2) is 0 Å². The van der Waals surface area contributed by atoms with Gasteiger partial charge >= 0.3 is 0 Å². The summed E-state index contributed by atoms with van der Waals surface area (Å²) in [4.78, 5) is 5.52. The third-order valence-corrected chi connectivity index (χ3v) is 6.40. The standard InChI is InChI=1S/C19H33N5/c1-2-10-22(11-3-1)16-17-5-9-20-15-19(17)23-13-6-18(7-14-23)24-12-4-8-21-24/h4,8,12,17-20H,1-3,5-7,9-11,13-16H2. The summed E-state index contributed by atoms with van der Waals surface area (Å²) in [6.07, 6.45) is 12.1. The monoisotopic (exact) mass is 331 g/mol. The molecule has 4 rings (SSSR count). The van der Waals surface area contributed by atoms with Gasteiger partial charge < -0.3 is 10.2 Å². The molecule has 0 amide bonds. The first-order valence-corrected chi connectivity index (χ1v) is 10.1. The Morgan fingerprint density at radius 2 is 1.83 bits per heavy atom. The Labute approximate surface area is 146 Å². The summed E-state index contributed by atoms with van der Waals surface area (Å²) in [5.74, 6) is 0.852. The lowest BCUT2D eigenvalue weighted by atomic mass is 9.88. The molecule has 134 valence electrons. The molecule has 1 aromatic heterocycles. The minimum atomic E-state index is 0.605. The van der Waals surface area contributed by atoms with E-state index in [-0.39, 0.29) is 0 Å². The lowest BCUT2D eigenvalue weighted by Crippen LogP contribution is -2.56. The van der Waals surface area contributed by atoms with Gasteiger partial charge in [-0.25, -0.2) is 0 Å². The molecular weight excluding hydrogens is 298 g/mol. The quantitative estimate of drug-likeness (QED) is 0.915. The van der Waals surface area contributed by atoms with E-state index in [2.05, 4.69) is 31.1 Å². The minimum Gasteiger partial charge on any atom is -0.315 e. The molecule has 0 spiro atoms. The van der Waals surface area contributed by atoms with Crippen molar-refractivity contribution in [1.82, 2.24) is 24.9 Å². The van der Waals surface area contributed by atoms with Crippen molar-refractivity contribution < 1.29 is 0 Å². The lowest BCUT2D eigenvalue weighted by Gasteiger charge is -2.45. The summed E-state index contributed by atoms with van der Waals surface area (Å²) in [5.41, 5.74) is 0. The van der Waals surface area contributed by atoms with E-state index >= 15 is 0 Å². The number of aromatic nitrogens is 2. The Hall–Kier alpha value is -0.910. The van der Waals surface area contributed by atoms with Gasteiger partial charge in [0.2, 0.25) is 0 Å². The van der Waals surface area contributed by atoms with Crippen LogP contribution >= 0.6 is 0 Å². The van der Waals surface area contributed by atoms with Gasteiger partial charge in [-0.2, -0.15) is 5.10 Å². The second-order valence-corrected chi connectivity index (χ2v) is 7.93. The number of hydrogen-bond acceptors (Lipinski definition) is 4. The molecule has 2 unspecified atom stereocenters. The van der Waals surface area contributed by atoms with E-state index in [9.17, 15) is 0 Å². The molecule has 2 atom stereocenters. The molecule has 0 saturated carbocycles. The molecule has 24 heavy (non-hydrogen) atoms. The summed E-state index contributed by atoms with van der Waals surface area (Å²) in [7, 11) is 0. The van der Waals surface area contributed by atoms with E-state index in [0.717, 1.165) is 12.0 Å². The lowest BCUT2D eigenvalue weighted by molar-refractivity contribution is 0.0548. The van der Waals surface area contributed by atoms with Gasteiger partial charge in [0.05, 0.1) is 6.04 Å². The zero-order valence-corrected chi connectivity index (χ0v) is 14.9. The predicted octanol–water partition coefficient (Wildman–Crippen LogP) is 1.98. The number of rotatable bonds is 4. The minimum absolute atomic E-state index is 0.605. The third-order valence-electron chi connectivity index (χ3n) is 6.40. The predicted molar refractivity (Wildman–Crippen MR) is 97.1 cm³/mol. The summed E-state index contributed by atoms with van der Waals surface area (Å²) in [5, 5.41) is 8.11. The van der Waals surface area contributed by atoms with Crippen LogP contribution in [0.25, 0.3) is 0 Å². The highest BCUT2D eigenvalue weighted by atomic mass is 15.3. The van der Waals surface area contributed by atoms with Crippen LogP contribution in [0.1, 0.15) is 44.6 Å². The van der Waals surface area contributed by atoms with Gasteiger partial charge in [0.25, 0.3) is 0 Å². The van der Waals surface area contributed by atoms with Crippen LogP contribution in [0.3, 0.4) is 0 Å². The highest BCUT2D eigenvalue weighted by Gasteiger charge is 2.33. The molecule has 5 nitrogen and oxygen atoms in total. The van der Waals surface area contributed by atoms with Gasteiger partial charge in [0, 0.05) is 44.6 Å². The van der Waals surface area contributed by atoms with E-state index in [4.69, 9.17) is 0 Å². The van der Waals surface area contributed by atoms with Gasteiger partial charge in [0.1, 0.15) is 0 Å². The van der Waals surface area contributed by atoms with E-state index in [1.54, 1.807) is 0 Å². The molecule has 4 heterocycles. The Bertz CT molecular complexity index is 474. The van der Waals surface area contributed by atoms with Crippen LogP contribution in [0.2, 0.25) is 0 Å². The Kier molecular flexibility index (Phi) is 5.50. The smallest absolute Gasteiger partial charge is 0.0543 e. The number of nitrogens with one attached hydrogen (secondary N) is 1. The first kappa shape index (κ1) is 16.6. The fourth-order valence-corrected chi connectivity index (χ4v) is 4.99. The number of hydrogen-bond donors (Lipinski definition) is 1. The highest BCUT2D eigenvalue weighted by Crippen LogP contribution is 2.28. The summed E-state index contributed by atoms with van der Waals surface area (Å²) < 4.78 is 2.17. The molecule has 3 saturated heterocycles. The summed E-state index contributed by atoms with van der Waals surface area (Å²) in [6.45, 7) is 8.84. The van der Waals surface area contributed by atoms with Crippen LogP contribution in [-0.2, 0) is 0 Å². The van der Waals surface area contributed by atoms with E-state index in [1.807, 2.05) is 12.3 Å². The highest BCUT2D eigenvalue weighted by molar-refractivity contribution is 4.91. The Morgan fingerprint density at radius 1 is 1.00 bits per heavy atom. The van der Waals surface area contributed by atoms with Gasteiger partial charge in [-0.3, -0.25) is 9.58 Å². The molecule has 3 fully saturated rings. The zero-order valence-electron chi connectivity index (χ0n) is 14.9. The molecular formula is C19H33N5. The second-order valence-electron chi connectivity index (χ2n) is 7.93. The summed E-state index contributed by atoms with van der Waals surface area (Å²) >= 11 is 0. The third kappa shape index (κ3) is 3.84. The molecule has 3 aliphatic rings. The maximum Gasteiger partial charge on any atom is 0.0543 e. The van der Waals surface area contributed by atoms with Gasteiger partial charge in [-0.15, -0.1) is 0 Å². The van der Waals surface area contributed by atoms with Crippen LogP contribution in [-0.4, -0.2) is 71.4 Å². The molecule has 0 radical (unpaired) electrons. The first-order valence-electron chi connectivity index (χ1n) is 10.1. The van der Waals surface area contributed by atoms with E-state index in [1.165, 1.54) is 84.3 Å². The van der Waals surface area contributed by atoms with Crippen LogP contribution in [0.15, 0.2) is 18.5 Å². The maximum absolute atomic E-state index is 4.45. The SMILES string of the molecule is c1cnn(C2CCN(C3CNCCC3CN3CCCCC3)CC2)c1. The number of likely N-dealkylation sites (tertiary alicyclic amines) is 2. The van der Waals surface area contributed by atoms with Crippen molar-refractivity contribution in [3.8, 4) is 0 Å². The number of nitrogens with zero attached hydrogens (tertiary/aromatic N) is 4. The maximum atomic E-state index is 4.45. The average molecular weight is 332 g/mol. The van der Waals surface area contributed by atoms with Crippen molar-refractivity contribution in [2.75, 3.05) is 45.8 Å². The molecule has 1 N–H and O–H groups in total. The fourth-order valence-electron chi connectivity index (χ4n) is 4.99. The van der Waals surface area contributed by atoms with Crippen molar-refractivity contribution >= 4 is 0 Å². The van der Waals surface area contributed by atoms with Crippen molar-refractivity contribution in [2.45, 2.75) is 50.6 Å². The van der Waals surface area contributed by atoms with Crippen LogP contribution in [0.4, 0.5) is 0 Å². The topological polar surface area (TPSA) is 36.3 Å². The Balaban J connectivity index is 1.33. The van der Waals surface area contributed by atoms with Crippen molar-refractivity contribution in [2.24, 2.45) is 5.92 Å². The molecule has 0 aromatic carbocycles. The Morgan fingerprint density at radius 3 is 2.58 bits per heavy atom. The average Bonchev–Trinajstić information content (AvgIpc) is 3.18. The van der Waals surface area contributed by atoms with Gasteiger partial charge in [-0.1, -0.05) is 6.42 Å². The van der Waals surface area contributed by atoms with Gasteiger partial charge in [-0.05, 0) is 63.7 Å². The summed E-state index contributed by atoms with van der Waals surface area (Å²) in [6, 6.07) is 3.39. The molecule has 5 heteroatoms. The number of piperidine rings is 3.